The van der Waals surface area contributed by atoms with Crippen LogP contribution in [-0.4, -0.2) is 33.2 Å². The van der Waals surface area contributed by atoms with Crippen molar-refractivity contribution in [3.63, 3.8) is 0 Å². The Morgan fingerprint density at radius 1 is 1.29 bits per heavy atom. The van der Waals surface area contributed by atoms with Gasteiger partial charge in [-0.15, -0.1) is 11.3 Å². The van der Waals surface area contributed by atoms with Crippen molar-refractivity contribution in [1.82, 2.24) is 20.1 Å². The van der Waals surface area contributed by atoms with E-state index in [-0.39, 0.29) is 24.9 Å². The molecule has 2 aromatic heterocycles. The van der Waals surface area contributed by atoms with Gasteiger partial charge in [-0.2, -0.15) is 5.10 Å². The summed E-state index contributed by atoms with van der Waals surface area (Å²) in [5.74, 6) is -0.521. The highest BCUT2D eigenvalue weighted by atomic mass is 35.5. The molecule has 3 rings (SSSR count). The number of halogens is 1. The molecule has 1 amide bonds. The van der Waals surface area contributed by atoms with Crippen LogP contribution in [0.2, 0.25) is 5.02 Å². The van der Waals surface area contributed by atoms with E-state index in [1.54, 1.807) is 35.1 Å². The number of hydrogen-bond donors (Lipinski definition) is 1. The molecule has 28 heavy (non-hydrogen) atoms. The predicted molar refractivity (Wildman–Crippen MR) is 107 cm³/mol. The van der Waals surface area contributed by atoms with E-state index in [1.807, 2.05) is 18.6 Å². The summed E-state index contributed by atoms with van der Waals surface area (Å²) in [6.45, 7) is 0.519. The van der Waals surface area contributed by atoms with Crippen LogP contribution in [0.15, 0.2) is 42.0 Å². The Morgan fingerprint density at radius 3 is 2.79 bits per heavy atom. The number of benzene rings is 1. The summed E-state index contributed by atoms with van der Waals surface area (Å²) in [6.07, 6.45) is 4.34. The molecule has 0 atom stereocenters. The van der Waals surface area contributed by atoms with Crippen molar-refractivity contribution in [2.24, 2.45) is 7.05 Å². The molecule has 0 saturated carbocycles. The van der Waals surface area contributed by atoms with Crippen molar-refractivity contribution in [3.8, 4) is 10.6 Å². The average molecular weight is 419 g/mol. The van der Waals surface area contributed by atoms with Crippen molar-refractivity contribution < 1.29 is 14.3 Å². The van der Waals surface area contributed by atoms with E-state index in [2.05, 4.69) is 15.4 Å². The van der Waals surface area contributed by atoms with E-state index in [0.29, 0.717) is 29.2 Å². The number of amides is 1. The summed E-state index contributed by atoms with van der Waals surface area (Å²) < 4.78 is 6.95. The maximum Gasteiger partial charge on any atom is 0.306 e. The molecule has 146 valence electrons. The lowest BCUT2D eigenvalue weighted by Crippen LogP contribution is -2.24. The summed E-state index contributed by atoms with van der Waals surface area (Å²) >= 11 is 7.27. The van der Waals surface area contributed by atoms with Gasteiger partial charge in [-0.1, -0.05) is 11.6 Å². The predicted octanol–water partition coefficient (Wildman–Crippen LogP) is 3.45. The van der Waals surface area contributed by atoms with Crippen molar-refractivity contribution in [2.45, 2.75) is 19.4 Å². The molecular formula is C19H19ClN4O3S. The van der Waals surface area contributed by atoms with E-state index in [0.717, 1.165) is 10.6 Å². The zero-order valence-corrected chi connectivity index (χ0v) is 16.8. The third-order valence-corrected chi connectivity index (χ3v) is 5.03. The minimum absolute atomic E-state index is 0.132. The molecule has 1 N–H and O–H groups in total. The quantitative estimate of drug-likeness (QED) is 0.447. The molecule has 3 aromatic rings. The minimum Gasteiger partial charge on any atom is -0.459 e. The van der Waals surface area contributed by atoms with Crippen LogP contribution >= 0.6 is 22.9 Å². The zero-order chi connectivity index (χ0) is 19.9. The largest absolute Gasteiger partial charge is 0.459 e. The summed E-state index contributed by atoms with van der Waals surface area (Å²) in [6, 6.07) is 6.62. The Labute approximate surface area is 171 Å². The number of ether oxygens (including phenoxy) is 1. The Bertz CT molecular complexity index is 952. The molecule has 2 heterocycles. The first kappa shape index (κ1) is 20.0. The lowest BCUT2D eigenvalue weighted by molar-refractivity contribution is -0.145. The first-order valence-corrected chi connectivity index (χ1v) is 9.90. The van der Waals surface area contributed by atoms with E-state index in [4.69, 9.17) is 16.3 Å². The highest BCUT2D eigenvalue weighted by molar-refractivity contribution is 7.13. The number of carbonyl (C=O) groups excluding carboxylic acids is 2. The first-order chi connectivity index (χ1) is 13.5. The molecule has 0 aliphatic rings. The number of nitrogens with one attached hydrogen (secondary N) is 1. The third-order valence-electron chi connectivity index (χ3n) is 3.83. The molecule has 0 spiro atoms. The monoisotopic (exact) mass is 418 g/mol. The minimum atomic E-state index is -0.323. The zero-order valence-electron chi connectivity index (χ0n) is 15.2. The first-order valence-electron chi connectivity index (χ1n) is 8.64. The molecule has 0 aliphatic carbocycles. The fourth-order valence-electron chi connectivity index (χ4n) is 2.40. The van der Waals surface area contributed by atoms with Gasteiger partial charge in [-0.05, 0) is 30.7 Å². The lowest BCUT2D eigenvalue weighted by atomic mass is 10.2. The van der Waals surface area contributed by atoms with Crippen molar-refractivity contribution >= 4 is 34.8 Å². The van der Waals surface area contributed by atoms with E-state index in [9.17, 15) is 9.59 Å². The van der Waals surface area contributed by atoms with Gasteiger partial charge < -0.3 is 10.1 Å². The molecule has 1 aromatic carbocycles. The number of nitrogens with zero attached hydrogens (tertiary/aromatic N) is 3. The smallest absolute Gasteiger partial charge is 0.306 e. The highest BCUT2D eigenvalue weighted by Crippen LogP contribution is 2.23. The van der Waals surface area contributed by atoms with Crippen LogP contribution in [0.25, 0.3) is 10.6 Å². The Kier molecular flexibility index (Phi) is 6.78. The maximum atomic E-state index is 11.9. The Hall–Kier alpha value is -2.71. The van der Waals surface area contributed by atoms with Crippen molar-refractivity contribution in [3.05, 3.63) is 58.3 Å². The Balaban J connectivity index is 1.35. The van der Waals surface area contributed by atoms with Gasteiger partial charge in [0.15, 0.2) is 0 Å². The summed E-state index contributed by atoms with van der Waals surface area (Å²) in [4.78, 5) is 28.3. The summed E-state index contributed by atoms with van der Waals surface area (Å²) in [7, 11) is 1.84. The van der Waals surface area contributed by atoms with E-state index >= 15 is 0 Å². The number of esters is 1. The van der Waals surface area contributed by atoms with Gasteiger partial charge in [0.05, 0.1) is 11.9 Å². The van der Waals surface area contributed by atoms with Crippen LogP contribution in [0.5, 0.6) is 0 Å². The maximum absolute atomic E-state index is 11.9. The van der Waals surface area contributed by atoms with E-state index in [1.165, 1.54) is 11.3 Å². The normalized spacial score (nSPS) is 10.6. The fourth-order valence-corrected chi connectivity index (χ4v) is 3.31. The van der Waals surface area contributed by atoms with Crippen LogP contribution in [0.1, 0.15) is 28.9 Å². The number of carbonyl (C=O) groups is 2. The van der Waals surface area contributed by atoms with Crippen LogP contribution in [0.4, 0.5) is 0 Å². The van der Waals surface area contributed by atoms with Gasteiger partial charge in [0.25, 0.3) is 5.91 Å². The number of hydrogen-bond acceptors (Lipinski definition) is 6. The topological polar surface area (TPSA) is 86.1 Å². The van der Waals surface area contributed by atoms with Gasteiger partial charge in [0.2, 0.25) is 0 Å². The molecule has 7 nitrogen and oxygen atoms in total. The van der Waals surface area contributed by atoms with Crippen LogP contribution in [0, 0.1) is 0 Å². The summed E-state index contributed by atoms with van der Waals surface area (Å²) in [5, 5.41) is 10.2. The van der Waals surface area contributed by atoms with Gasteiger partial charge in [0, 0.05) is 47.7 Å². The average Bonchev–Trinajstić information content (AvgIpc) is 3.33. The van der Waals surface area contributed by atoms with Gasteiger partial charge in [-0.25, -0.2) is 4.98 Å². The molecule has 0 aliphatic heterocycles. The molecule has 0 unspecified atom stereocenters. The van der Waals surface area contributed by atoms with Crippen molar-refractivity contribution in [2.75, 3.05) is 6.54 Å². The number of rotatable bonds is 8. The second-order valence-electron chi connectivity index (χ2n) is 6.07. The van der Waals surface area contributed by atoms with Crippen LogP contribution < -0.4 is 5.32 Å². The molecule has 9 heteroatoms. The molecule has 0 radical (unpaired) electrons. The third kappa shape index (κ3) is 5.64. The number of aryl methyl sites for hydroxylation is 1. The van der Waals surface area contributed by atoms with Gasteiger partial charge in [-0.3, -0.25) is 14.3 Å². The molecule has 0 bridgehead atoms. The summed E-state index contributed by atoms with van der Waals surface area (Å²) in [5.41, 5.74) is 2.16. The molecular weight excluding hydrogens is 400 g/mol. The lowest BCUT2D eigenvalue weighted by Gasteiger charge is -2.06. The number of aromatic nitrogens is 3. The number of thiazole rings is 1. The second kappa shape index (κ2) is 9.48. The standard InChI is InChI=1S/C19H19ClN4O3S/c1-24-10-14(9-22-24)19-23-16(12-28-19)11-27-17(25)3-2-8-21-18(26)13-4-6-15(20)7-5-13/h4-7,9-10,12H,2-3,8,11H2,1H3,(H,21,26). The molecule has 0 saturated heterocycles. The highest BCUT2D eigenvalue weighted by Gasteiger charge is 2.10. The second-order valence-corrected chi connectivity index (χ2v) is 7.37. The Morgan fingerprint density at radius 2 is 2.07 bits per heavy atom. The van der Waals surface area contributed by atoms with Gasteiger partial charge >= 0.3 is 5.97 Å². The van der Waals surface area contributed by atoms with Crippen LogP contribution in [0.3, 0.4) is 0 Å². The van der Waals surface area contributed by atoms with Crippen LogP contribution in [-0.2, 0) is 23.2 Å². The fraction of sp³-hybridized carbons (Fsp3) is 0.263. The van der Waals surface area contributed by atoms with Gasteiger partial charge in [0.1, 0.15) is 11.6 Å². The molecule has 0 fully saturated rings. The SMILES string of the molecule is Cn1cc(-c2nc(COC(=O)CCCNC(=O)c3ccc(Cl)cc3)cs2)cn1. The van der Waals surface area contributed by atoms with Crippen molar-refractivity contribution in [1.29, 1.82) is 0 Å². The van der Waals surface area contributed by atoms with E-state index < -0.39 is 0 Å².